The number of nitrogens with one attached hydrogen (secondary N) is 2. The van der Waals surface area contributed by atoms with E-state index in [2.05, 4.69) is 10.6 Å². The summed E-state index contributed by atoms with van der Waals surface area (Å²) in [6, 6.07) is 20.1. The van der Waals surface area contributed by atoms with Gasteiger partial charge in [0.25, 0.3) is 0 Å². The Morgan fingerprint density at radius 2 is 1.59 bits per heavy atom. The molecule has 0 aliphatic carbocycles. The molecular weight excluding hydrogens is 368 g/mol. The number of rotatable bonds is 7. The Bertz CT molecular complexity index is 1020. The molecule has 0 saturated carbocycles. The molecule has 0 aromatic heterocycles. The lowest BCUT2D eigenvalue weighted by atomic mass is 10.0. The maximum atomic E-state index is 12.3. The summed E-state index contributed by atoms with van der Waals surface area (Å²) in [5.41, 5.74) is 1.86. The number of hydrogen-bond donors (Lipinski definition) is 2. The zero-order chi connectivity index (χ0) is 20.6. The van der Waals surface area contributed by atoms with Gasteiger partial charge in [-0.2, -0.15) is 0 Å². The second kappa shape index (κ2) is 9.50. The van der Waals surface area contributed by atoms with Crippen molar-refractivity contribution >= 4 is 34.2 Å². The highest BCUT2D eigenvalue weighted by molar-refractivity contribution is 5.96. The summed E-state index contributed by atoms with van der Waals surface area (Å²) in [4.78, 5) is 36.0. The predicted molar refractivity (Wildman–Crippen MR) is 112 cm³/mol. The summed E-state index contributed by atoms with van der Waals surface area (Å²) in [6.45, 7) is 1.90. The Labute approximate surface area is 168 Å². The fraction of sp³-hybridized carbons (Fsp3) is 0.174. The van der Waals surface area contributed by atoms with Gasteiger partial charge in [0.15, 0.2) is 0 Å². The van der Waals surface area contributed by atoms with Gasteiger partial charge in [-0.1, -0.05) is 42.5 Å². The van der Waals surface area contributed by atoms with Crippen molar-refractivity contribution in [3.63, 3.8) is 0 Å². The van der Waals surface area contributed by atoms with E-state index in [1.54, 1.807) is 31.2 Å². The fourth-order valence-electron chi connectivity index (χ4n) is 2.97. The number of benzene rings is 3. The molecule has 0 radical (unpaired) electrons. The van der Waals surface area contributed by atoms with Gasteiger partial charge >= 0.3 is 5.97 Å². The first-order chi connectivity index (χ1) is 14.1. The summed E-state index contributed by atoms with van der Waals surface area (Å²) in [5, 5.41) is 7.42. The molecule has 0 atom stereocenters. The summed E-state index contributed by atoms with van der Waals surface area (Å²) in [5.74, 6) is -0.986. The fourth-order valence-corrected chi connectivity index (χ4v) is 2.97. The first-order valence-electron chi connectivity index (χ1n) is 9.37. The molecule has 6 nitrogen and oxygen atoms in total. The number of amides is 2. The second-order valence-corrected chi connectivity index (χ2v) is 6.44. The summed E-state index contributed by atoms with van der Waals surface area (Å²) in [7, 11) is 0. The third-order valence-corrected chi connectivity index (χ3v) is 4.36. The molecule has 0 spiro atoms. The van der Waals surface area contributed by atoms with Crippen molar-refractivity contribution in [1.82, 2.24) is 5.32 Å². The lowest BCUT2D eigenvalue weighted by Crippen LogP contribution is -2.33. The predicted octanol–water partition coefficient (Wildman–Crippen LogP) is 3.31. The minimum atomic E-state index is -0.411. The Morgan fingerprint density at radius 1 is 0.862 bits per heavy atom. The maximum absolute atomic E-state index is 12.3. The number of carbonyl (C=O) groups is 3. The smallest absolute Gasteiger partial charge is 0.338 e. The molecule has 29 heavy (non-hydrogen) atoms. The molecule has 3 aromatic carbocycles. The van der Waals surface area contributed by atoms with Gasteiger partial charge in [0.1, 0.15) is 0 Å². The van der Waals surface area contributed by atoms with Crippen molar-refractivity contribution in [3.05, 3.63) is 77.9 Å². The number of fused-ring (bicyclic) bond motifs is 1. The summed E-state index contributed by atoms with van der Waals surface area (Å²) < 4.78 is 4.92. The first-order valence-corrected chi connectivity index (χ1v) is 9.37. The molecule has 2 N–H and O–H groups in total. The Balaban J connectivity index is 1.51. The van der Waals surface area contributed by atoms with E-state index in [1.165, 1.54) is 0 Å². The van der Waals surface area contributed by atoms with E-state index in [0.717, 1.165) is 16.3 Å². The van der Waals surface area contributed by atoms with E-state index in [9.17, 15) is 14.4 Å². The molecule has 0 aliphatic rings. The van der Waals surface area contributed by atoms with Crippen LogP contribution in [0.5, 0.6) is 0 Å². The van der Waals surface area contributed by atoms with Crippen molar-refractivity contribution in [2.45, 2.75) is 13.3 Å². The standard InChI is InChI=1S/C23H22N2O4/c1-2-29-23(28)17-10-12-19(13-11-17)25-22(27)15-24-21(26)14-18-8-5-7-16-6-3-4-9-20(16)18/h3-13H,2,14-15H2,1H3,(H,24,26)(H,25,27). The highest BCUT2D eigenvalue weighted by Crippen LogP contribution is 2.18. The van der Waals surface area contributed by atoms with Crippen molar-refractivity contribution in [2.24, 2.45) is 0 Å². The highest BCUT2D eigenvalue weighted by Gasteiger charge is 2.10. The maximum Gasteiger partial charge on any atom is 0.338 e. The zero-order valence-corrected chi connectivity index (χ0v) is 16.1. The van der Waals surface area contributed by atoms with Gasteiger partial charge in [-0.3, -0.25) is 9.59 Å². The minimum Gasteiger partial charge on any atom is -0.462 e. The molecular formula is C23H22N2O4. The minimum absolute atomic E-state index is 0.136. The van der Waals surface area contributed by atoms with E-state index in [0.29, 0.717) is 17.9 Å². The summed E-state index contributed by atoms with van der Waals surface area (Å²) in [6.07, 6.45) is 0.197. The van der Waals surface area contributed by atoms with Crippen LogP contribution < -0.4 is 10.6 Å². The number of anilines is 1. The molecule has 0 saturated heterocycles. The van der Waals surface area contributed by atoms with Crippen LogP contribution in [-0.2, 0) is 20.7 Å². The molecule has 0 fully saturated rings. The lowest BCUT2D eigenvalue weighted by molar-refractivity contribution is -0.123. The molecule has 3 rings (SSSR count). The van der Waals surface area contributed by atoms with Crippen LogP contribution in [0.2, 0.25) is 0 Å². The van der Waals surface area contributed by atoms with Crippen LogP contribution in [0.4, 0.5) is 5.69 Å². The Morgan fingerprint density at radius 3 is 2.34 bits per heavy atom. The molecule has 3 aromatic rings. The number of hydrogen-bond acceptors (Lipinski definition) is 4. The van der Waals surface area contributed by atoms with E-state index in [1.807, 2.05) is 42.5 Å². The Hall–Kier alpha value is -3.67. The largest absolute Gasteiger partial charge is 0.462 e. The zero-order valence-electron chi connectivity index (χ0n) is 16.1. The molecule has 0 heterocycles. The monoisotopic (exact) mass is 390 g/mol. The van der Waals surface area contributed by atoms with Crippen LogP contribution in [-0.4, -0.2) is 30.9 Å². The first kappa shape index (κ1) is 20.1. The number of ether oxygens (including phenoxy) is 1. The van der Waals surface area contributed by atoms with Crippen LogP contribution in [0.1, 0.15) is 22.8 Å². The molecule has 2 amide bonds. The van der Waals surface area contributed by atoms with Crippen molar-refractivity contribution in [3.8, 4) is 0 Å². The molecule has 148 valence electrons. The average Bonchev–Trinajstić information content (AvgIpc) is 2.73. The van der Waals surface area contributed by atoms with Crippen molar-refractivity contribution in [1.29, 1.82) is 0 Å². The van der Waals surface area contributed by atoms with E-state index < -0.39 is 5.97 Å². The van der Waals surface area contributed by atoms with Crippen LogP contribution in [0.15, 0.2) is 66.7 Å². The highest BCUT2D eigenvalue weighted by atomic mass is 16.5. The van der Waals surface area contributed by atoms with Gasteiger partial charge in [0.05, 0.1) is 25.1 Å². The van der Waals surface area contributed by atoms with Crippen molar-refractivity contribution < 1.29 is 19.1 Å². The van der Waals surface area contributed by atoms with Crippen LogP contribution in [0.3, 0.4) is 0 Å². The molecule has 0 bridgehead atoms. The van der Waals surface area contributed by atoms with Gasteiger partial charge < -0.3 is 15.4 Å². The molecule has 0 unspecified atom stereocenters. The van der Waals surface area contributed by atoms with Crippen LogP contribution in [0.25, 0.3) is 10.8 Å². The topological polar surface area (TPSA) is 84.5 Å². The molecule has 0 aliphatic heterocycles. The van der Waals surface area contributed by atoms with Gasteiger partial charge in [0.2, 0.25) is 11.8 Å². The van der Waals surface area contributed by atoms with Gasteiger partial charge in [-0.15, -0.1) is 0 Å². The van der Waals surface area contributed by atoms with Gasteiger partial charge in [-0.05, 0) is 47.5 Å². The second-order valence-electron chi connectivity index (χ2n) is 6.44. The SMILES string of the molecule is CCOC(=O)c1ccc(NC(=O)CNC(=O)Cc2cccc3ccccc23)cc1. The van der Waals surface area contributed by atoms with Crippen LogP contribution in [0, 0.1) is 0 Å². The normalized spacial score (nSPS) is 10.4. The van der Waals surface area contributed by atoms with Gasteiger partial charge in [0, 0.05) is 5.69 Å². The number of carbonyl (C=O) groups excluding carboxylic acids is 3. The third kappa shape index (κ3) is 5.42. The third-order valence-electron chi connectivity index (χ3n) is 4.36. The van der Waals surface area contributed by atoms with E-state index in [-0.39, 0.29) is 24.8 Å². The van der Waals surface area contributed by atoms with Gasteiger partial charge in [-0.25, -0.2) is 4.79 Å². The average molecular weight is 390 g/mol. The lowest BCUT2D eigenvalue weighted by Gasteiger charge is -2.09. The number of esters is 1. The van der Waals surface area contributed by atoms with E-state index in [4.69, 9.17) is 4.74 Å². The van der Waals surface area contributed by atoms with Crippen LogP contribution >= 0.6 is 0 Å². The summed E-state index contributed by atoms with van der Waals surface area (Å²) >= 11 is 0. The molecule has 6 heteroatoms. The van der Waals surface area contributed by atoms with Crippen molar-refractivity contribution in [2.75, 3.05) is 18.5 Å². The quantitative estimate of drug-likeness (QED) is 0.606. The van der Waals surface area contributed by atoms with E-state index >= 15 is 0 Å². The Kier molecular flexibility index (Phi) is 6.58.